The van der Waals surface area contributed by atoms with E-state index in [4.69, 9.17) is 9.26 Å². The van der Waals surface area contributed by atoms with Crippen LogP contribution in [0.15, 0.2) is 77.3 Å². The van der Waals surface area contributed by atoms with E-state index < -0.39 is 5.91 Å². The largest absolute Gasteiger partial charge is 0.484 e. The number of fused-ring (bicyclic) bond motifs is 1. The molecule has 0 aliphatic heterocycles. The van der Waals surface area contributed by atoms with Crippen LogP contribution in [0, 0.1) is 0 Å². The Balaban J connectivity index is 1.18. The van der Waals surface area contributed by atoms with Crippen LogP contribution in [0.25, 0.3) is 22.2 Å². The van der Waals surface area contributed by atoms with Gasteiger partial charge in [0, 0.05) is 18.7 Å². The van der Waals surface area contributed by atoms with E-state index in [2.05, 4.69) is 20.8 Å². The van der Waals surface area contributed by atoms with Crippen molar-refractivity contribution in [3.05, 3.63) is 78.7 Å². The first kappa shape index (κ1) is 20.1. The molecule has 0 fully saturated rings. The summed E-state index contributed by atoms with van der Waals surface area (Å²) in [5, 5.41) is 11.3. The zero-order valence-electron chi connectivity index (χ0n) is 16.6. The molecule has 4 aromatic rings. The molecular weight excluding hydrogens is 396 g/mol. The fourth-order valence-electron chi connectivity index (χ4n) is 2.93. The Hall–Kier alpha value is -4.20. The molecule has 0 atom stereocenters. The molecule has 0 saturated carbocycles. The Bertz CT molecular complexity index is 1190. The van der Waals surface area contributed by atoms with E-state index in [0.29, 0.717) is 11.6 Å². The van der Waals surface area contributed by atoms with Crippen LogP contribution in [0.4, 0.5) is 0 Å². The number of hydrogen-bond donors (Lipinski definition) is 2. The van der Waals surface area contributed by atoms with E-state index in [-0.39, 0.29) is 31.5 Å². The number of aromatic nitrogens is 2. The van der Waals surface area contributed by atoms with Gasteiger partial charge in [-0.25, -0.2) is 0 Å². The summed E-state index contributed by atoms with van der Waals surface area (Å²) in [6, 6.07) is 22.8. The van der Waals surface area contributed by atoms with Gasteiger partial charge in [-0.05, 0) is 22.9 Å². The van der Waals surface area contributed by atoms with Crippen LogP contribution in [-0.2, 0) is 4.79 Å². The van der Waals surface area contributed by atoms with Crippen LogP contribution < -0.4 is 15.4 Å². The van der Waals surface area contributed by atoms with Gasteiger partial charge in [0.05, 0.1) is 0 Å². The second-order valence-electron chi connectivity index (χ2n) is 6.69. The van der Waals surface area contributed by atoms with Crippen LogP contribution in [0.3, 0.4) is 0 Å². The smallest absolute Gasteiger partial charge is 0.316 e. The summed E-state index contributed by atoms with van der Waals surface area (Å²) in [5.41, 5.74) is 0.754. The van der Waals surface area contributed by atoms with Crippen LogP contribution in [0.1, 0.15) is 10.7 Å². The van der Waals surface area contributed by atoms with Crippen LogP contribution in [0.5, 0.6) is 5.75 Å². The molecule has 0 aliphatic carbocycles. The molecule has 4 rings (SSSR count). The van der Waals surface area contributed by atoms with Crippen molar-refractivity contribution in [2.24, 2.45) is 0 Å². The third-order valence-corrected chi connectivity index (χ3v) is 4.48. The second kappa shape index (κ2) is 9.53. The van der Waals surface area contributed by atoms with E-state index >= 15 is 0 Å². The van der Waals surface area contributed by atoms with Gasteiger partial charge in [0.1, 0.15) is 5.75 Å². The highest BCUT2D eigenvalue weighted by Crippen LogP contribution is 2.20. The molecule has 2 N–H and O–H groups in total. The quantitative estimate of drug-likeness (QED) is 0.428. The summed E-state index contributed by atoms with van der Waals surface area (Å²) in [6.07, 6.45) is 0. The van der Waals surface area contributed by atoms with E-state index in [0.717, 1.165) is 16.3 Å². The van der Waals surface area contributed by atoms with Crippen LogP contribution in [-0.4, -0.2) is 41.7 Å². The second-order valence-corrected chi connectivity index (χ2v) is 6.69. The third-order valence-electron chi connectivity index (χ3n) is 4.48. The van der Waals surface area contributed by atoms with Crippen molar-refractivity contribution in [1.82, 2.24) is 20.8 Å². The number of rotatable bonds is 8. The predicted octanol–water partition coefficient (Wildman–Crippen LogP) is 2.81. The molecule has 0 saturated heterocycles. The molecule has 8 heteroatoms. The molecule has 31 heavy (non-hydrogen) atoms. The maximum atomic E-state index is 12.1. The maximum Gasteiger partial charge on any atom is 0.316 e. The molecule has 3 aromatic carbocycles. The molecule has 1 heterocycles. The van der Waals surface area contributed by atoms with Gasteiger partial charge in [0.15, 0.2) is 6.61 Å². The lowest BCUT2D eigenvalue weighted by molar-refractivity contribution is -0.123. The van der Waals surface area contributed by atoms with Gasteiger partial charge in [-0.15, -0.1) is 0 Å². The van der Waals surface area contributed by atoms with Gasteiger partial charge in [-0.3, -0.25) is 9.59 Å². The first-order valence-electron chi connectivity index (χ1n) is 9.75. The summed E-state index contributed by atoms with van der Waals surface area (Å²) in [7, 11) is 0. The lowest BCUT2D eigenvalue weighted by Gasteiger charge is -2.08. The standard InChI is InChI=1S/C23H20N4O4/c28-20(15-30-19-11-10-16-6-4-5-9-18(16)14-19)24-12-13-25-22(29)23-26-21(27-31-23)17-7-2-1-3-8-17/h1-11,14H,12-13,15H2,(H,24,28)(H,25,29). The average Bonchev–Trinajstić information content (AvgIpc) is 3.31. The molecule has 2 amide bonds. The average molecular weight is 416 g/mol. The monoisotopic (exact) mass is 416 g/mol. The fraction of sp³-hybridized carbons (Fsp3) is 0.130. The molecule has 0 unspecified atom stereocenters. The highest BCUT2D eigenvalue weighted by Gasteiger charge is 2.15. The van der Waals surface area contributed by atoms with Crippen LogP contribution >= 0.6 is 0 Å². The summed E-state index contributed by atoms with van der Waals surface area (Å²) in [6.45, 7) is 0.339. The van der Waals surface area contributed by atoms with Gasteiger partial charge >= 0.3 is 11.8 Å². The molecule has 0 radical (unpaired) electrons. The molecule has 1 aromatic heterocycles. The summed E-state index contributed by atoms with van der Waals surface area (Å²) < 4.78 is 10.5. The summed E-state index contributed by atoms with van der Waals surface area (Å²) in [4.78, 5) is 28.2. The number of nitrogens with one attached hydrogen (secondary N) is 2. The number of nitrogens with zero attached hydrogens (tertiary/aromatic N) is 2. The summed E-state index contributed by atoms with van der Waals surface area (Å²) >= 11 is 0. The zero-order chi connectivity index (χ0) is 21.5. The Kier molecular flexibility index (Phi) is 6.18. The topological polar surface area (TPSA) is 106 Å². The Morgan fingerprint density at radius 3 is 2.45 bits per heavy atom. The van der Waals surface area contributed by atoms with Gasteiger partial charge < -0.3 is 19.9 Å². The van der Waals surface area contributed by atoms with Crippen LogP contribution in [0.2, 0.25) is 0 Å². The van der Waals surface area contributed by atoms with Crippen molar-refractivity contribution in [3.63, 3.8) is 0 Å². The number of benzene rings is 3. The third kappa shape index (κ3) is 5.24. The molecular formula is C23H20N4O4. The minimum absolute atomic E-state index is 0.115. The van der Waals surface area contributed by atoms with E-state index in [9.17, 15) is 9.59 Å². The van der Waals surface area contributed by atoms with Crippen molar-refractivity contribution in [2.45, 2.75) is 0 Å². The number of hydrogen-bond acceptors (Lipinski definition) is 6. The molecule has 156 valence electrons. The lowest BCUT2D eigenvalue weighted by atomic mass is 10.1. The number of amides is 2. The Morgan fingerprint density at radius 2 is 1.61 bits per heavy atom. The SMILES string of the molecule is O=C(COc1ccc2ccccc2c1)NCCNC(=O)c1nc(-c2ccccc2)no1. The van der Waals surface area contributed by atoms with Crippen molar-refractivity contribution in [2.75, 3.05) is 19.7 Å². The summed E-state index contributed by atoms with van der Waals surface area (Å²) in [5.74, 6) is 0.0328. The number of carbonyl (C=O) groups excluding carboxylic acids is 2. The Labute approximate surface area is 178 Å². The van der Waals surface area contributed by atoms with E-state index in [1.807, 2.05) is 72.8 Å². The van der Waals surface area contributed by atoms with E-state index in [1.165, 1.54) is 0 Å². The number of carbonyl (C=O) groups is 2. The minimum atomic E-state index is -0.503. The Morgan fingerprint density at radius 1 is 0.871 bits per heavy atom. The molecule has 0 bridgehead atoms. The number of ether oxygens (including phenoxy) is 1. The van der Waals surface area contributed by atoms with Crippen molar-refractivity contribution < 1.29 is 18.8 Å². The molecule has 0 spiro atoms. The first-order chi connectivity index (χ1) is 15.2. The van der Waals surface area contributed by atoms with Crippen molar-refractivity contribution in [1.29, 1.82) is 0 Å². The van der Waals surface area contributed by atoms with Gasteiger partial charge in [0.2, 0.25) is 5.82 Å². The van der Waals surface area contributed by atoms with E-state index in [1.54, 1.807) is 0 Å². The molecule has 0 aliphatic rings. The minimum Gasteiger partial charge on any atom is -0.484 e. The van der Waals surface area contributed by atoms with Gasteiger partial charge in [-0.1, -0.05) is 65.8 Å². The fourth-order valence-corrected chi connectivity index (χ4v) is 2.93. The first-order valence-corrected chi connectivity index (χ1v) is 9.75. The highest BCUT2D eigenvalue weighted by molar-refractivity contribution is 5.90. The molecule has 8 nitrogen and oxygen atoms in total. The zero-order valence-corrected chi connectivity index (χ0v) is 16.6. The highest BCUT2D eigenvalue weighted by atomic mass is 16.5. The van der Waals surface area contributed by atoms with Gasteiger partial charge in [-0.2, -0.15) is 4.98 Å². The maximum absolute atomic E-state index is 12.1. The normalized spacial score (nSPS) is 10.6. The van der Waals surface area contributed by atoms with Gasteiger partial charge in [0.25, 0.3) is 5.91 Å². The lowest BCUT2D eigenvalue weighted by Crippen LogP contribution is -2.36. The van der Waals surface area contributed by atoms with Crippen molar-refractivity contribution >= 4 is 22.6 Å². The predicted molar refractivity (Wildman–Crippen MR) is 115 cm³/mol. The van der Waals surface area contributed by atoms with Crippen molar-refractivity contribution in [3.8, 4) is 17.1 Å².